The highest BCUT2D eigenvalue weighted by atomic mass is 16.5. The second kappa shape index (κ2) is 8.29. The van der Waals surface area contributed by atoms with E-state index >= 15 is 0 Å². The van der Waals surface area contributed by atoms with Gasteiger partial charge in [-0.25, -0.2) is 0 Å². The molecule has 1 unspecified atom stereocenters. The molecule has 1 saturated heterocycles. The number of benzene rings is 2. The number of rotatable bonds is 5. The third-order valence-electron chi connectivity index (χ3n) is 7.34. The van der Waals surface area contributed by atoms with E-state index in [2.05, 4.69) is 67.3 Å². The van der Waals surface area contributed by atoms with Gasteiger partial charge in [0.2, 0.25) is 0 Å². The molecule has 2 nitrogen and oxygen atoms in total. The first kappa shape index (κ1) is 19.5. The third-order valence-corrected chi connectivity index (χ3v) is 7.34. The van der Waals surface area contributed by atoms with Gasteiger partial charge in [0.25, 0.3) is 0 Å². The van der Waals surface area contributed by atoms with Crippen molar-refractivity contribution in [3.05, 3.63) is 65.2 Å². The maximum absolute atomic E-state index is 5.56. The summed E-state index contributed by atoms with van der Waals surface area (Å²) in [5.41, 5.74) is 4.67. The van der Waals surface area contributed by atoms with Crippen LogP contribution in [0, 0.1) is 18.8 Å². The van der Waals surface area contributed by atoms with Crippen LogP contribution in [0.5, 0.6) is 5.75 Å². The first-order chi connectivity index (χ1) is 13.6. The molecule has 0 bridgehead atoms. The molecule has 2 heteroatoms. The van der Waals surface area contributed by atoms with E-state index in [1.165, 1.54) is 62.0 Å². The molecule has 2 aromatic rings. The molecule has 28 heavy (non-hydrogen) atoms. The van der Waals surface area contributed by atoms with Crippen LogP contribution in [0.25, 0.3) is 0 Å². The molecule has 3 atom stereocenters. The zero-order valence-electron chi connectivity index (χ0n) is 17.8. The lowest BCUT2D eigenvalue weighted by atomic mass is 9.57. The summed E-state index contributed by atoms with van der Waals surface area (Å²) in [7, 11) is 1.78. The highest BCUT2D eigenvalue weighted by Gasteiger charge is 2.47. The maximum atomic E-state index is 5.56. The molecule has 2 aromatic carbocycles. The molecule has 2 fully saturated rings. The summed E-state index contributed by atoms with van der Waals surface area (Å²) in [6.07, 6.45) is 6.51. The van der Waals surface area contributed by atoms with Crippen LogP contribution in [-0.2, 0) is 11.8 Å². The second-order valence-corrected chi connectivity index (χ2v) is 9.26. The van der Waals surface area contributed by atoms with E-state index in [9.17, 15) is 0 Å². The Morgan fingerprint density at radius 1 is 1.11 bits per heavy atom. The predicted molar refractivity (Wildman–Crippen MR) is 117 cm³/mol. The Balaban J connectivity index is 1.49. The molecule has 1 aliphatic carbocycles. The number of fused-ring (bicyclic) bond motifs is 1. The number of hydrogen-bond donors (Lipinski definition) is 0. The SMILES string of the molecule is COc1cccc([C@@]23CCN(CCc4ccc(C)cc4)C[C@H]2CCC(C)C3)c1. The topological polar surface area (TPSA) is 12.5 Å². The number of likely N-dealkylation sites (tertiary alicyclic amines) is 1. The van der Waals surface area contributed by atoms with Gasteiger partial charge < -0.3 is 9.64 Å². The summed E-state index contributed by atoms with van der Waals surface area (Å²) >= 11 is 0. The Hall–Kier alpha value is -1.80. The van der Waals surface area contributed by atoms with E-state index in [1.807, 2.05) is 0 Å². The summed E-state index contributed by atoms with van der Waals surface area (Å²) in [5, 5.41) is 0. The smallest absolute Gasteiger partial charge is 0.119 e. The molecular weight excluding hydrogens is 342 g/mol. The molecule has 4 rings (SSSR count). The fourth-order valence-electron chi connectivity index (χ4n) is 5.66. The van der Waals surface area contributed by atoms with Crippen LogP contribution in [-0.4, -0.2) is 31.6 Å². The summed E-state index contributed by atoms with van der Waals surface area (Å²) in [6, 6.07) is 18.0. The lowest BCUT2D eigenvalue weighted by Crippen LogP contribution is -2.52. The van der Waals surface area contributed by atoms with Crippen molar-refractivity contribution < 1.29 is 4.74 Å². The van der Waals surface area contributed by atoms with Gasteiger partial charge in [0, 0.05) is 18.5 Å². The van der Waals surface area contributed by atoms with Crippen molar-refractivity contribution >= 4 is 0 Å². The van der Waals surface area contributed by atoms with Crippen LogP contribution in [0.3, 0.4) is 0 Å². The third kappa shape index (κ3) is 3.98. The Morgan fingerprint density at radius 2 is 1.93 bits per heavy atom. The van der Waals surface area contributed by atoms with Gasteiger partial charge in [-0.1, -0.05) is 55.3 Å². The molecule has 0 spiro atoms. The average molecular weight is 378 g/mol. The number of hydrogen-bond acceptors (Lipinski definition) is 2. The molecular formula is C26H35NO. The van der Waals surface area contributed by atoms with Crippen molar-refractivity contribution in [1.29, 1.82) is 0 Å². The molecule has 0 amide bonds. The molecule has 2 aliphatic rings. The van der Waals surface area contributed by atoms with E-state index in [0.717, 1.165) is 24.0 Å². The minimum absolute atomic E-state index is 0.340. The highest BCUT2D eigenvalue weighted by Crippen LogP contribution is 2.51. The summed E-state index contributed by atoms with van der Waals surface area (Å²) in [5.74, 6) is 2.59. The number of ether oxygens (including phenoxy) is 1. The van der Waals surface area contributed by atoms with E-state index in [-0.39, 0.29) is 0 Å². The molecule has 0 aromatic heterocycles. The molecule has 0 N–H and O–H groups in total. The Bertz CT molecular complexity index is 783. The van der Waals surface area contributed by atoms with Crippen LogP contribution >= 0.6 is 0 Å². The van der Waals surface area contributed by atoms with Crippen molar-refractivity contribution in [2.45, 2.75) is 51.4 Å². The normalized spacial score (nSPS) is 28.0. The summed E-state index contributed by atoms with van der Waals surface area (Å²) in [6.45, 7) is 8.25. The fraction of sp³-hybridized carbons (Fsp3) is 0.538. The van der Waals surface area contributed by atoms with Crippen LogP contribution in [0.1, 0.15) is 49.3 Å². The molecule has 1 aliphatic heterocycles. The van der Waals surface area contributed by atoms with Crippen LogP contribution in [0.4, 0.5) is 0 Å². The van der Waals surface area contributed by atoms with E-state index in [4.69, 9.17) is 4.74 Å². The first-order valence-corrected chi connectivity index (χ1v) is 11.0. The zero-order valence-corrected chi connectivity index (χ0v) is 17.8. The largest absolute Gasteiger partial charge is 0.497 e. The molecule has 150 valence electrons. The van der Waals surface area contributed by atoms with Crippen molar-refractivity contribution in [3.8, 4) is 5.75 Å². The second-order valence-electron chi connectivity index (χ2n) is 9.26. The number of methoxy groups -OCH3 is 1. The van der Waals surface area contributed by atoms with Crippen LogP contribution < -0.4 is 4.74 Å². The number of aryl methyl sites for hydroxylation is 1. The van der Waals surface area contributed by atoms with Gasteiger partial charge in [0.1, 0.15) is 5.75 Å². The van der Waals surface area contributed by atoms with Gasteiger partial charge in [-0.2, -0.15) is 0 Å². The van der Waals surface area contributed by atoms with Crippen molar-refractivity contribution in [2.75, 3.05) is 26.7 Å². The lowest BCUT2D eigenvalue weighted by molar-refractivity contribution is 0.0390. The fourth-order valence-corrected chi connectivity index (χ4v) is 5.66. The molecule has 0 radical (unpaired) electrons. The Morgan fingerprint density at radius 3 is 2.71 bits per heavy atom. The van der Waals surface area contributed by atoms with E-state index in [1.54, 1.807) is 7.11 Å². The standard InChI is InChI=1S/C26H35NO/c1-20-7-10-22(11-8-20)13-15-27-16-14-26(18-21(2)9-12-24(26)19-27)23-5-4-6-25(17-23)28-3/h4-8,10-11,17,21,24H,9,12-16,18-19H2,1-3H3/t21?,24-,26+/m1/s1. The van der Waals surface area contributed by atoms with E-state index in [0.29, 0.717) is 5.41 Å². The van der Waals surface area contributed by atoms with Crippen LogP contribution in [0.15, 0.2) is 48.5 Å². The lowest BCUT2D eigenvalue weighted by Gasteiger charge is -2.53. The van der Waals surface area contributed by atoms with Gasteiger partial charge in [-0.05, 0) is 74.2 Å². The van der Waals surface area contributed by atoms with E-state index < -0.39 is 0 Å². The molecule has 1 saturated carbocycles. The number of piperidine rings is 1. The number of nitrogens with zero attached hydrogens (tertiary/aromatic N) is 1. The Labute approximate surface area is 170 Å². The van der Waals surface area contributed by atoms with Gasteiger partial charge in [-0.15, -0.1) is 0 Å². The van der Waals surface area contributed by atoms with Crippen molar-refractivity contribution in [3.63, 3.8) is 0 Å². The minimum atomic E-state index is 0.340. The van der Waals surface area contributed by atoms with Gasteiger partial charge in [-0.3, -0.25) is 0 Å². The molecule has 1 heterocycles. The summed E-state index contributed by atoms with van der Waals surface area (Å²) < 4.78 is 5.56. The monoisotopic (exact) mass is 377 g/mol. The highest BCUT2D eigenvalue weighted by molar-refractivity contribution is 5.36. The predicted octanol–water partition coefficient (Wildman–Crippen LogP) is 5.63. The maximum Gasteiger partial charge on any atom is 0.119 e. The Kier molecular flexibility index (Phi) is 5.78. The summed E-state index contributed by atoms with van der Waals surface area (Å²) in [4.78, 5) is 2.72. The van der Waals surface area contributed by atoms with Crippen LogP contribution in [0.2, 0.25) is 0 Å². The van der Waals surface area contributed by atoms with Gasteiger partial charge >= 0.3 is 0 Å². The van der Waals surface area contributed by atoms with Crippen molar-refractivity contribution in [2.24, 2.45) is 11.8 Å². The zero-order chi connectivity index (χ0) is 19.6. The van der Waals surface area contributed by atoms with Gasteiger partial charge in [0.15, 0.2) is 0 Å². The average Bonchev–Trinajstić information content (AvgIpc) is 2.73. The van der Waals surface area contributed by atoms with Crippen molar-refractivity contribution in [1.82, 2.24) is 4.90 Å². The van der Waals surface area contributed by atoms with Gasteiger partial charge in [0.05, 0.1) is 7.11 Å². The first-order valence-electron chi connectivity index (χ1n) is 11.0. The quantitative estimate of drug-likeness (QED) is 0.670. The minimum Gasteiger partial charge on any atom is -0.497 e.